The quantitative estimate of drug-likeness (QED) is 0.681. The summed E-state index contributed by atoms with van der Waals surface area (Å²) < 4.78 is 14.6. The second-order valence-corrected chi connectivity index (χ2v) is 5.29. The lowest BCUT2D eigenvalue weighted by Crippen LogP contribution is -1.96. The van der Waals surface area contributed by atoms with Crippen LogP contribution in [0.4, 0.5) is 21.5 Å². The van der Waals surface area contributed by atoms with E-state index in [9.17, 15) is 4.39 Å². The van der Waals surface area contributed by atoms with Crippen LogP contribution in [0.15, 0.2) is 53.3 Å². The van der Waals surface area contributed by atoms with Crippen LogP contribution in [0.3, 0.4) is 0 Å². The van der Waals surface area contributed by atoms with Crippen molar-refractivity contribution < 1.29 is 4.39 Å². The smallest absolute Gasteiger partial charge is 0.146 e. The van der Waals surface area contributed by atoms with Gasteiger partial charge in [0.2, 0.25) is 0 Å². The molecule has 3 nitrogen and oxygen atoms in total. The fraction of sp³-hybridized carbons (Fsp3) is 0. The molecule has 0 aliphatic heterocycles. The minimum atomic E-state index is -0.318. The summed E-state index contributed by atoms with van der Waals surface area (Å²) in [5, 5.41) is 4.83. The third-order valence-electron chi connectivity index (χ3n) is 3.05. The first kappa shape index (κ1) is 12.9. The lowest BCUT2D eigenvalue weighted by atomic mass is 10.1. The molecule has 2 aromatic carbocycles. The largest absolute Gasteiger partial charge is 0.398 e. The summed E-state index contributed by atoms with van der Waals surface area (Å²) in [6.45, 7) is 0. The van der Waals surface area contributed by atoms with Crippen molar-refractivity contribution in [2.75, 3.05) is 11.1 Å². The average Bonchev–Trinajstić information content (AvgIpc) is 2.46. The number of pyridine rings is 1. The van der Waals surface area contributed by atoms with Gasteiger partial charge in [0.1, 0.15) is 5.82 Å². The SMILES string of the molecule is Nc1ccc(Nc2cc(Br)ccc2F)c2cnccc12. The van der Waals surface area contributed by atoms with Crippen LogP contribution in [0, 0.1) is 5.82 Å². The summed E-state index contributed by atoms with van der Waals surface area (Å²) in [5.41, 5.74) is 7.77. The topological polar surface area (TPSA) is 50.9 Å². The number of aromatic nitrogens is 1. The molecule has 0 unspecified atom stereocenters. The van der Waals surface area contributed by atoms with Gasteiger partial charge in [-0.05, 0) is 36.4 Å². The Hall–Kier alpha value is -2.14. The van der Waals surface area contributed by atoms with Gasteiger partial charge < -0.3 is 11.1 Å². The minimum Gasteiger partial charge on any atom is -0.398 e. The molecular formula is C15H11BrFN3. The second kappa shape index (κ2) is 5.09. The van der Waals surface area contributed by atoms with E-state index in [4.69, 9.17) is 5.73 Å². The number of hydrogen-bond donors (Lipinski definition) is 2. The van der Waals surface area contributed by atoms with Crippen molar-refractivity contribution >= 4 is 43.8 Å². The van der Waals surface area contributed by atoms with E-state index in [0.717, 1.165) is 20.9 Å². The molecule has 0 bridgehead atoms. The van der Waals surface area contributed by atoms with Crippen LogP contribution in [0.25, 0.3) is 10.8 Å². The Bertz CT molecular complexity index is 789. The van der Waals surface area contributed by atoms with Crippen LogP contribution in [0.1, 0.15) is 0 Å². The van der Waals surface area contributed by atoms with E-state index in [0.29, 0.717) is 11.4 Å². The number of nitrogen functional groups attached to an aromatic ring is 1. The Balaban J connectivity index is 2.11. The molecule has 3 rings (SSSR count). The van der Waals surface area contributed by atoms with Gasteiger partial charge in [0.25, 0.3) is 0 Å². The van der Waals surface area contributed by atoms with E-state index in [2.05, 4.69) is 26.2 Å². The maximum absolute atomic E-state index is 13.8. The first-order valence-corrected chi connectivity index (χ1v) is 6.79. The first-order chi connectivity index (χ1) is 9.65. The van der Waals surface area contributed by atoms with Gasteiger partial charge in [0.05, 0.1) is 5.69 Å². The molecule has 1 heterocycles. The van der Waals surface area contributed by atoms with E-state index in [1.165, 1.54) is 6.07 Å². The average molecular weight is 332 g/mol. The van der Waals surface area contributed by atoms with Crippen LogP contribution in [-0.4, -0.2) is 4.98 Å². The highest BCUT2D eigenvalue weighted by atomic mass is 79.9. The first-order valence-electron chi connectivity index (χ1n) is 5.99. The van der Waals surface area contributed by atoms with Gasteiger partial charge in [-0.3, -0.25) is 4.98 Å². The van der Waals surface area contributed by atoms with E-state index in [-0.39, 0.29) is 5.82 Å². The zero-order valence-corrected chi connectivity index (χ0v) is 12.0. The van der Waals surface area contributed by atoms with E-state index >= 15 is 0 Å². The number of fused-ring (bicyclic) bond motifs is 1. The molecule has 0 atom stereocenters. The van der Waals surface area contributed by atoms with Crippen LogP contribution in [-0.2, 0) is 0 Å². The molecule has 0 amide bonds. The van der Waals surface area contributed by atoms with Crippen molar-refractivity contribution in [3.63, 3.8) is 0 Å². The fourth-order valence-electron chi connectivity index (χ4n) is 2.06. The monoisotopic (exact) mass is 331 g/mol. The molecule has 0 spiro atoms. The predicted octanol–water partition coefficient (Wildman–Crippen LogP) is 4.46. The highest BCUT2D eigenvalue weighted by Gasteiger charge is 2.07. The van der Waals surface area contributed by atoms with Crippen LogP contribution in [0.2, 0.25) is 0 Å². The number of nitrogens with zero attached hydrogens (tertiary/aromatic N) is 1. The van der Waals surface area contributed by atoms with Gasteiger partial charge >= 0.3 is 0 Å². The molecular weight excluding hydrogens is 321 g/mol. The Morgan fingerprint density at radius 2 is 1.90 bits per heavy atom. The molecule has 0 aliphatic rings. The van der Waals surface area contributed by atoms with Crippen LogP contribution in [0.5, 0.6) is 0 Å². The summed E-state index contributed by atoms with van der Waals surface area (Å²) in [5.74, 6) is -0.318. The van der Waals surface area contributed by atoms with Crippen molar-refractivity contribution in [2.45, 2.75) is 0 Å². The van der Waals surface area contributed by atoms with Crippen molar-refractivity contribution in [3.05, 3.63) is 59.1 Å². The van der Waals surface area contributed by atoms with Crippen LogP contribution < -0.4 is 11.1 Å². The van der Waals surface area contributed by atoms with Crippen molar-refractivity contribution in [1.82, 2.24) is 4.98 Å². The van der Waals surface area contributed by atoms with Gasteiger partial charge in [-0.2, -0.15) is 0 Å². The Morgan fingerprint density at radius 1 is 1.05 bits per heavy atom. The minimum absolute atomic E-state index is 0.318. The maximum atomic E-state index is 13.8. The van der Waals surface area contributed by atoms with Crippen molar-refractivity contribution in [2.24, 2.45) is 0 Å². The number of anilines is 3. The van der Waals surface area contributed by atoms with Gasteiger partial charge in [0, 0.05) is 39.0 Å². The third-order valence-corrected chi connectivity index (χ3v) is 3.54. The highest BCUT2D eigenvalue weighted by Crippen LogP contribution is 2.31. The lowest BCUT2D eigenvalue weighted by molar-refractivity contribution is 0.631. The molecule has 20 heavy (non-hydrogen) atoms. The third kappa shape index (κ3) is 2.32. The molecule has 100 valence electrons. The second-order valence-electron chi connectivity index (χ2n) is 4.37. The Kier molecular flexibility index (Phi) is 3.28. The Morgan fingerprint density at radius 3 is 2.75 bits per heavy atom. The number of benzene rings is 2. The fourth-order valence-corrected chi connectivity index (χ4v) is 2.42. The molecule has 0 radical (unpaired) electrons. The molecule has 3 aromatic rings. The molecule has 0 saturated carbocycles. The molecule has 0 saturated heterocycles. The molecule has 1 aromatic heterocycles. The lowest BCUT2D eigenvalue weighted by Gasteiger charge is -2.12. The number of nitrogens with two attached hydrogens (primary N) is 1. The van der Waals surface area contributed by atoms with Crippen molar-refractivity contribution in [3.8, 4) is 0 Å². The zero-order chi connectivity index (χ0) is 14.1. The normalized spacial score (nSPS) is 10.7. The summed E-state index contributed by atoms with van der Waals surface area (Å²) in [7, 11) is 0. The number of halogens is 2. The Labute approximate surface area is 123 Å². The number of rotatable bonds is 2. The summed E-state index contributed by atoms with van der Waals surface area (Å²) >= 11 is 3.33. The molecule has 3 N–H and O–H groups in total. The van der Waals surface area contributed by atoms with E-state index in [1.54, 1.807) is 30.6 Å². The number of hydrogen-bond acceptors (Lipinski definition) is 3. The van der Waals surface area contributed by atoms with Gasteiger partial charge in [-0.15, -0.1) is 0 Å². The molecule has 5 heteroatoms. The van der Waals surface area contributed by atoms with Gasteiger partial charge in [0.15, 0.2) is 0 Å². The van der Waals surface area contributed by atoms with Gasteiger partial charge in [-0.1, -0.05) is 15.9 Å². The highest BCUT2D eigenvalue weighted by molar-refractivity contribution is 9.10. The number of nitrogens with one attached hydrogen (secondary N) is 1. The standard InChI is InChI=1S/C15H11BrFN3/c16-9-1-2-12(17)15(7-9)20-14-4-3-13(18)10-5-6-19-8-11(10)14/h1-8,20H,18H2. The zero-order valence-electron chi connectivity index (χ0n) is 10.4. The summed E-state index contributed by atoms with van der Waals surface area (Å²) in [6, 6.07) is 10.2. The van der Waals surface area contributed by atoms with Gasteiger partial charge in [-0.25, -0.2) is 4.39 Å². The summed E-state index contributed by atoms with van der Waals surface area (Å²) in [6.07, 6.45) is 3.39. The molecule has 0 fully saturated rings. The summed E-state index contributed by atoms with van der Waals surface area (Å²) in [4.78, 5) is 4.10. The molecule has 0 aliphatic carbocycles. The van der Waals surface area contributed by atoms with Crippen LogP contribution >= 0.6 is 15.9 Å². The van der Waals surface area contributed by atoms with E-state index in [1.807, 2.05) is 12.1 Å². The predicted molar refractivity (Wildman–Crippen MR) is 83.5 cm³/mol. The maximum Gasteiger partial charge on any atom is 0.146 e. The van der Waals surface area contributed by atoms with E-state index < -0.39 is 0 Å². The van der Waals surface area contributed by atoms with Crippen molar-refractivity contribution in [1.29, 1.82) is 0 Å².